The Bertz CT molecular complexity index is 782. The second-order valence-electron chi connectivity index (χ2n) is 7.78. The molecule has 1 aromatic carbocycles. The summed E-state index contributed by atoms with van der Waals surface area (Å²) in [6.07, 6.45) is 2.52. The number of hydrogen-bond donors (Lipinski definition) is 0. The molecule has 4 nitrogen and oxygen atoms in total. The molecule has 1 aromatic rings. The van der Waals surface area contributed by atoms with Crippen molar-refractivity contribution in [2.75, 3.05) is 31.1 Å². The maximum Gasteiger partial charge on any atom is 0.153 e. The first-order valence-corrected chi connectivity index (χ1v) is 11.2. The Balaban J connectivity index is 1.58. The Hall–Kier alpha value is -0.690. The largest absolute Gasteiger partial charge is 0.296 e. The standard InChI is InChI=1S/C18H24ClFN2O2S/c1-12-2-5-15(19)14(18(12)20)9-22-7-6-21(8-13-3-4-13)16-10-25(23,24)11-17(16)22/h2,5,13,16-17H,3-4,6-11H2,1H3. The third kappa shape index (κ3) is 3.59. The van der Waals surface area contributed by atoms with Gasteiger partial charge in [-0.05, 0) is 37.3 Å². The fraction of sp³-hybridized carbons (Fsp3) is 0.667. The second kappa shape index (κ2) is 6.48. The first kappa shape index (κ1) is 17.7. The monoisotopic (exact) mass is 386 g/mol. The summed E-state index contributed by atoms with van der Waals surface area (Å²) >= 11 is 6.23. The van der Waals surface area contributed by atoms with Crippen LogP contribution in [0.5, 0.6) is 0 Å². The highest BCUT2D eigenvalue weighted by atomic mass is 35.5. The molecule has 2 heterocycles. The molecule has 25 heavy (non-hydrogen) atoms. The van der Waals surface area contributed by atoms with Gasteiger partial charge in [0, 0.05) is 48.8 Å². The molecule has 138 valence electrons. The lowest BCUT2D eigenvalue weighted by atomic mass is 10.0. The van der Waals surface area contributed by atoms with Crippen LogP contribution in [-0.4, -0.2) is 61.4 Å². The minimum atomic E-state index is -3.04. The number of hydrogen-bond acceptors (Lipinski definition) is 4. The van der Waals surface area contributed by atoms with E-state index in [2.05, 4.69) is 9.80 Å². The van der Waals surface area contributed by atoms with Crippen LogP contribution < -0.4 is 0 Å². The van der Waals surface area contributed by atoms with Crippen molar-refractivity contribution in [3.63, 3.8) is 0 Å². The van der Waals surface area contributed by atoms with E-state index in [-0.39, 0.29) is 29.4 Å². The summed E-state index contributed by atoms with van der Waals surface area (Å²) in [6.45, 7) is 4.71. The molecule has 2 atom stereocenters. The smallest absolute Gasteiger partial charge is 0.153 e. The van der Waals surface area contributed by atoms with E-state index >= 15 is 0 Å². The van der Waals surface area contributed by atoms with Crippen LogP contribution in [0.1, 0.15) is 24.0 Å². The van der Waals surface area contributed by atoms with Gasteiger partial charge in [0.05, 0.1) is 11.5 Å². The van der Waals surface area contributed by atoms with E-state index in [0.717, 1.165) is 25.6 Å². The number of aryl methyl sites for hydroxylation is 1. The number of piperazine rings is 1. The van der Waals surface area contributed by atoms with Gasteiger partial charge in [0.2, 0.25) is 0 Å². The van der Waals surface area contributed by atoms with Gasteiger partial charge in [-0.1, -0.05) is 17.7 Å². The van der Waals surface area contributed by atoms with Crippen LogP contribution >= 0.6 is 11.6 Å². The Kier molecular flexibility index (Phi) is 4.59. The van der Waals surface area contributed by atoms with Crippen molar-refractivity contribution in [3.8, 4) is 0 Å². The second-order valence-corrected chi connectivity index (χ2v) is 10.3. The molecule has 1 saturated carbocycles. The van der Waals surface area contributed by atoms with Gasteiger partial charge >= 0.3 is 0 Å². The Morgan fingerprint density at radius 2 is 1.80 bits per heavy atom. The van der Waals surface area contributed by atoms with Crippen molar-refractivity contribution < 1.29 is 12.8 Å². The molecule has 0 bridgehead atoms. The molecule has 7 heteroatoms. The van der Waals surface area contributed by atoms with E-state index in [1.807, 2.05) is 0 Å². The van der Waals surface area contributed by atoms with E-state index < -0.39 is 9.84 Å². The lowest BCUT2D eigenvalue weighted by Gasteiger charge is -2.44. The normalized spacial score (nSPS) is 29.7. The fourth-order valence-corrected chi connectivity index (χ4v) is 6.46. The summed E-state index contributed by atoms with van der Waals surface area (Å²) in [5, 5.41) is 0.418. The van der Waals surface area contributed by atoms with Crippen molar-refractivity contribution in [2.45, 2.75) is 38.4 Å². The van der Waals surface area contributed by atoms with E-state index in [4.69, 9.17) is 11.6 Å². The third-order valence-corrected chi connectivity index (χ3v) is 7.89. The van der Waals surface area contributed by atoms with E-state index in [1.54, 1.807) is 19.1 Å². The van der Waals surface area contributed by atoms with Gasteiger partial charge in [0.1, 0.15) is 5.82 Å². The molecule has 0 N–H and O–H groups in total. The SMILES string of the molecule is Cc1ccc(Cl)c(CN2CCN(CC3CC3)C3CS(=O)(=O)CC32)c1F. The topological polar surface area (TPSA) is 40.6 Å². The summed E-state index contributed by atoms with van der Waals surface area (Å²) in [7, 11) is -3.04. The summed E-state index contributed by atoms with van der Waals surface area (Å²) in [4.78, 5) is 4.49. The molecule has 0 spiro atoms. The number of rotatable bonds is 4. The molecule has 2 unspecified atom stereocenters. The molecule has 0 amide bonds. The van der Waals surface area contributed by atoms with Crippen LogP contribution in [0.4, 0.5) is 4.39 Å². The zero-order chi connectivity index (χ0) is 17.8. The van der Waals surface area contributed by atoms with Crippen LogP contribution in [0.25, 0.3) is 0 Å². The predicted octanol–water partition coefficient (Wildman–Crippen LogP) is 2.48. The van der Waals surface area contributed by atoms with Gasteiger partial charge in [0.25, 0.3) is 0 Å². The number of nitrogens with zero attached hydrogens (tertiary/aromatic N) is 2. The molecule has 3 aliphatic rings. The lowest BCUT2D eigenvalue weighted by Crippen LogP contribution is -2.59. The highest BCUT2D eigenvalue weighted by Crippen LogP contribution is 2.35. The zero-order valence-corrected chi connectivity index (χ0v) is 16.0. The van der Waals surface area contributed by atoms with Crippen LogP contribution in [0, 0.1) is 18.7 Å². The van der Waals surface area contributed by atoms with Gasteiger partial charge in [-0.3, -0.25) is 9.80 Å². The number of halogens is 2. The first-order valence-electron chi connectivity index (χ1n) is 8.96. The highest BCUT2D eigenvalue weighted by molar-refractivity contribution is 7.91. The number of fused-ring (bicyclic) bond motifs is 1. The number of benzene rings is 1. The summed E-state index contributed by atoms with van der Waals surface area (Å²) in [6, 6.07) is 3.37. The molecule has 0 radical (unpaired) electrons. The minimum Gasteiger partial charge on any atom is -0.296 e. The maximum atomic E-state index is 14.5. The molecular formula is C18H24ClFN2O2S. The van der Waals surface area contributed by atoms with Gasteiger partial charge < -0.3 is 0 Å². The molecule has 2 saturated heterocycles. The first-order chi connectivity index (χ1) is 11.8. The number of sulfone groups is 1. The van der Waals surface area contributed by atoms with Gasteiger partial charge in [-0.25, -0.2) is 12.8 Å². The van der Waals surface area contributed by atoms with Gasteiger partial charge in [-0.15, -0.1) is 0 Å². The average molecular weight is 387 g/mol. The molecule has 1 aliphatic carbocycles. The van der Waals surface area contributed by atoms with Gasteiger partial charge in [0.15, 0.2) is 9.84 Å². The van der Waals surface area contributed by atoms with E-state index in [0.29, 0.717) is 22.7 Å². The predicted molar refractivity (Wildman–Crippen MR) is 97.1 cm³/mol. The summed E-state index contributed by atoms with van der Waals surface area (Å²) in [5.74, 6) is 0.860. The zero-order valence-electron chi connectivity index (χ0n) is 14.4. The molecule has 2 aliphatic heterocycles. The van der Waals surface area contributed by atoms with Crippen LogP contribution in [0.15, 0.2) is 12.1 Å². The lowest BCUT2D eigenvalue weighted by molar-refractivity contribution is 0.0370. The van der Waals surface area contributed by atoms with Crippen molar-refractivity contribution >= 4 is 21.4 Å². The summed E-state index contributed by atoms with van der Waals surface area (Å²) < 4.78 is 39.1. The Morgan fingerprint density at radius 1 is 1.16 bits per heavy atom. The van der Waals surface area contributed by atoms with E-state index in [9.17, 15) is 12.8 Å². The minimum absolute atomic E-state index is 0.0333. The van der Waals surface area contributed by atoms with Crippen molar-refractivity contribution in [2.24, 2.45) is 5.92 Å². The molecule has 3 fully saturated rings. The van der Waals surface area contributed by atoms with Crippen LogP contribution in [-0.2, 0) is 16.4 Å². The molecule has 4 rings (SSSR count). The van der Waals surface area contributed by atoms with Crippen LogP contribution in [0.2, 0.25) is 5.02 Å². The Labute approximate surface area is 153 Å². The fourth-order valence-electron chi connectivity index (χ4n) is 4.21. The molecular weight excluding hydrogens is 363 g/mol. The maximum absolute atomic E-state index is 14.5. The van der Waals surface area contributed by atoms with Crippen LogP contribution in [0.3, 0.4) is 0 Å². The van der Waals surface area contributed by atoms with E-state index in [1.165, 1.54) is 12.8 Å². The van der Waals surface area contributed by atoms with Crippen molar-refractivity contribution in [1.82, 2.24) is 9.80 Å². The highest BCUT2D eigenvalue weighted by Gasteiger charge is 2.47. The van der Waals surface area contributed by atoms with Crippen molar-refractivity contribution in [3.05, 3.63) is 34.1 Å². The van der Waals surface area contributed by atoms with Crippen molar-refractivity contribution in [1.29, 1.82) is 0 Å². The quantitative estimate of drug-likeness (QED) is 0.797. The summed E-state index contributed by atoms with van der Waals surface area (Å²) in [5.41, 5.74) is 1.06. The Morgan fingerprint density at radius 3 is 2.48 bits per heavy atom. The third-order valence-electron chi connectivity index (χ3n) is 5.84. The average Bonchev–Trinajstić information content (AvgIpc) is 3.30. The molecule has 0 aromatic heterocycles. The van der Waals surface area contributed by atoms with Gasteiger partial charge in [-0.2, -0.15) is 0 Å².